The summed E-state index contributed by atoms with van der Waals surface area (Å²) in [4.78, 5) is 4.14. The van der Waals surface area contributed by atoms with Gasteiger partial charge in [0, 0.05) is 5.56 Å². The number of hydrogen-bond donors (Lipinski definition) is 0. The molecule has 0 spiro atoms. The van der Waals surface area contributed by atoms with Crippen molar-refractivity contribution < 1.29 is 13.2 Å². The van der Waals surface area contributed by atoms with Crippen LogP contribution in [0.15, 0.2) is 42.5 Å². The number of pyridine rings is 1. The van der Waals surface area contributed by atoms with E-state index in [9.17, 15) is 13.2 Å². The van der Waals surface area contributed by atoms with Crippen molar-refractivity contribution in [2.75, 3.05) is 0 Å². The second kappa shape index (κ2) is 4.53. The van der Waals surface area contributed by atoms with E-state index in [0.717, 1.165) is 12.1 Å². The minimum Gasteiger partial charge on any atom is -0.239 e. The standard InChI is InChI=1S/C14H8F3N/c1-2-12-4-3-5-13(18-12)10-6-8-11(9-7-10)14(15,16)17/h1,3-9H. The maximum Gasteiger partial charge on any atom is 0.416 e. The molecule has 90 valence electrons. The van der Waals surface area contributed by atoms with E-state index in [1.54, 1.807) is 18.2 Å². The second-order valence-corrected chi connectivity index (χ2v) is 3.63. The van der Waals surface area contributed by atoms with Crippen molar-refractivity contribution in [1.29, 1.82) is 0 Å². The first-order valence-corrected chi connectivity index (χ1v) is 5.12. The van der Waals surface area contributed by atoms with E-state index in [1.165, 1.54) is 12.1 Å². The quantitative estimate of drug-likeness (QED) is 0.699. The summed E-state index contributed by atoms with van der Waals surface area (Å²) in [6.45, 7) is 0. The molecule has 18 heavy (non-hydrogen) atoms. The summed E-state index contributed by atoms with van der Waals surface area (Å²) in [5.74, 6) is 2.38. The lowest BCUT2D eigenvalue weighted by atomic mass is 10.1. The summed E-state index contributed by atoms with van der Waals surface area (Å²) >= 11 is 0. The van der Waals surface area contributed by atoms with Crippen molar-refractivity contribution in [3.8, 4) is 23.6 Å². The molecule has 0 radical (unpaired) electrons. The number of hydrogen-bond acceptors (Lipinski definition) is 1. The Hall–Kier alpha value is -2.28. The maximum atomic E-state index is 12.4. The van der Waals surface area contributed by atoms with Gasteiger partial charge in [0.1, 0.15) is 5.69 Å². The fourth-order valence-electron chi connectivity index (χ4n) is 1.51. The zero-order valence-electron chi connectivity index (χ0n) is 9.20. The first-order chi connectivity index (χ1) is 8.50. The SMILES string of the molecule is C#Cc1cccc(-c2ccc(C(F)(F)F)cc2)n1. The highest BCUT2D eigenvalue weighted by Crippen LogP contribution is 2.30. The topological polar surface area (TPSA) is 12.9 Å². The predicted octanol–water partition coefficient (Wildman–Crippen LogP) is 3.75. The maximum absolute atomic E-state index is 12.4. The molecule has 0 atom stereocenters. The summed E-state index contributed by atoms with van der Waals surface area (Å²) in [5, 5.41) is 0. The van der Waals surface area contributed by atoms with E-state index in [0.29, 0.717) is 17.0 Å². The van der Waals surface area contributed by atoms with Gasteiger partial charge in [-0.15, -0.1) is 6.42 Å². The van der Waals surface area contributed by atoms with Crippen molar-refractivity contribution in [3.05, 3.63) is 53.7 Å². The van der Waals surface area contributed by atoms with E-state index < -0.39 is 11.7 Å². The van der Waals surface area contributed by atoms with Crippen molar-refractivity contribution >= 4 is 0 Å². The summed E-state index contributed by atoms with van der Waals surface area (Å²) in [6, 6.07) is 9.89. The van der Waals surface area contributed by atoms with Crippen LogP contribution in [0.25, 0.3) is 11.3 Å². The van der Waals surface area contributed by atoms with Crippen LogP contribution in [0.1, 0.15) is 11.3 Å². The van der Waals surface area contributed by atoms with Gasteiger partial charge in [-0.05, 0) is 24.3 Å². The van der Waals surface area contributed by atoms with Crippen LogP contribution in [0.3, 0.4) is 0 Å². The Bertz CT molecular complexity index is 592. The Labute approximate surface area is 102 Å². The van der Waals surface area contributed by atoms with Gasteiger partial charge in [-0.3, -0.25) is 0 Å². The molecule has 1 aromatic heterocycles. The Morgan fingerprint density at radius 1 is 1.00 bits per heavy atom. The van der Waals surface area contributed by atoms with Crippen LogP contribution in [0.5, 0.6) is 0 Å². The van der Waals surface area contributed by atoms with E-state index >= 15 is 0 Å². The molecule has 1 nitrogen and oxygen atoms in total. The number of benzene rings is 1. The van der Waals surface area contributed by atoms with E-state index in [-0.39, 0.29) is 0 Å². The molecule has 2 rings (SSSR count). The zero-order valence-corrected chi connectivity index (χ0v) is 9.20. The van der Waals surface area contributed by atoms with Crippen molar-refractivity contribution in [2.24, 2.45) is 0 Å². The molecular weight excluding hydrogens is 239 g/mol. The molecule has 2 aromatic rings. The Morgan fingerprint density at radius 2 is 1.67 bits per heavy atom. The van der Waals surface area contributed by atoms with Crippen LogP contribution in [0, 0.1) is 12.3 Å². The fourth-order valence-corrected chi connectivity index (χ4v) is 1.51. The molecule has 1 heterocycles. The average Bonchev–Trinajstić information content (AvgIpc) is 2.38. The highest BCUT2D eigenvalue weighted by molar-refractivity contribution is 5.60. The smallest absolute Gasteiger partial charge is 0.239 e. The molecule has 0 fully saturated rings. The highest BCUT2D eigenvalue weighted by atomic mass is 19.4. The van der Waals surface area contributed by atoms with Gasteiger partial charge in [-0.25, -0.2) is 4.98 Å². The molecular formula is C14H8F3N. The molecule has 4 heteroatoms. The molecule has 1 aromatic carbocycles. The van der Waals surface area contributed by atoms with Gasteiger partial charge in [-0.2, -0.15) is 13.2 Å². The summed E-state index contributed by atoms with van der Waals surface area (Å²) in [6.07, 6.45) is 0.890. The molecule has 0 bridgehead atoms. The van der Waals surface area contributed by atoms with Gasteiger partial charge >= 0.3 is 6.18 Å². The van der Waals surface area contributed by atoms with E-state index in [1.807, 2.05) is 0 Å². The molecule has 0 aliphatic rings. The van der Waals surface area contributed by atoms with E-state index in [2.05, 4.69) is 10.9 Å². The lowest BCUT2D eigenvalue weighted by Crippen LogP contribution is -2.04. The van der Waals surface area contributed by atoms with Crippen LogP contribution in [-0.2, 0) is 6.18 Å². The Balaban J connectivity index is 2.38. The summed E-state index contributed by atoms with van der Waals surface area (Å²) < 4.78 is 37.2. The highest BCUT2D eigenvalue weighted by Gasteiger charge is 2.29. The molecule has 0 saturated carbocycles. The van der Waals surface area contributed by atoms with Gasteiger partial charge in [-0.1, -0.05) is 24.1 Å². The van der Waals surface area contributed by atoms with Crippen LogP contribution in [0.2, 0.25) is 0 Å². The number of halogens is 3. The largest absolute Gasteiger partial charge is 0.416 e. The minimum absolute atomic E-state index is 0.451. The number of terminal acetylenes is 1. The van der Waals surface area contributed by atoms with Crippen molar-refractivity contribution in [3.63, 3.8) is 0 Å². The van der Waals surface area contributed by atoms with Crippen LogP contribution >= 0.6 is 0 Å². The van der Waals surface area contributed by atoms with Crippen LogP contribution < -0.4 is 0 Å². The van der Waals surface area contributed by atoms with Crippen molar-refractivity contribution in [1.82, 2.24) is 4.98 Å². The van der Waals surface area contributed by atoms with Gasteiger partial charge < -0.3 is 0 Å². The number of rotatable bonds is 1. The fraction of sp³-hybridized carbons (Fsp3) is 0.0714. The molecule has 0 aliphatic carbocycles. The summed E-state index contributed by atoms with van der Waals surface area (Å²) in [7, 11) is 0. The monoisotopic (exact) mass is 247 g/mol. The molecule has 0 saturated heterocycles. The first-order valence-electron chi connectivity index (χ1n) is 5.12. The summed E-state index contributed by atoms with van der Waals surface area (Å²) in [5.41, 5.74) is 0.922. The predicted molar refractivity (Wildman–Crippen MR) is 62.6 cm³/mol. The molecule has 0 N–H and O–H groups in total. The molecule has 0 aliphatic heterocycles. The second-order valence-electron chi connectivity index (χ2n) is 3.63. The Morgan fingerprint density at radius 3 is 2.22 bits per heavy atom. The van der Waals surface area contributed by atoms with E-state index in [4.69, 9.17) is 6.42 Å². The molecule has 0 unspecified atom stereocenters. The number of aromatic nitrogens is 1. The molecule has 0 amide bonds. The third kappa shape index (κ3) is 2.51. The van der Waals surface area contributed by atoms with Gasteiger partial charge in [0.05, 0.1) is 11.3 Å². The lowest BCUT2D eigenvalue weighted by molar-refractivity contribution is -0.137. The Kier molecular flexibility index (Phi) is 3.07. The third-order valence-corrected chi connectivity index (χ3v) is 2.40. The van der Waals surface area contributed by atoms with Gasteiger partial charge in [0.15, 0.2) is 0 Å². The van der Waals surface area contributed by atoms with Crippen molar-refractivity contribution in [2.45, 2.75) is 6.18 Å². The van der Waals surface area contributed by atoms with Gasteiger partial charge in [0.2, 0.25) is 0 Å². The number of nitrogens with zero attached hydrogens (tertiary/aromatic N) is 1. The average molecular weight is 247 g/mol. The lowest BCUT2D eigenvalue weighted by Gasteiger charge is -2.07. The normalized spacial score (nSPS) is 11.0. The van der Waals surface area contributed by atoms with Crippen LogP contribution in [0.4, 0.5) is 13.2 Å². The zero-order chi connectivity index (χ0) is 13.2. The van der Waals surface area contributed by atoms with Gasteiger partial charge in [0.25, 0.3) is 0 Å². The number of alkyl halides is 3. The third-order valence-electron chi connectivity index (χ3n) is 2.40. The first kappa shape index (κ1) is 12.2. The minimum atomic E-state index is -4.33. The van der Waals surface area contributed by atoms with Crippen LogP contribution in [-0.4, -0.2) is 4.98 Å².